The predicted molar refractivity (Wildman–Crippen MR) is 67.1 cm³/mol. The van der Waals surface area contributed by atoms with Crippen molar-refractivity contribution in [1.82, 2.24) is 0 Å². The van der Waals surface area contributed by atoms with Crippen molar-refractivity contribution in [1.29, 1.82) is 0 Å². The van der Waals surface area contributed by atoms with Crippen molar-refractivity contribution in [2.45, 2.75) is 19.3 Å². The molecule has 2 heteroatoms. The number of aryl methyl sites for hydroxylation is 1. The van der Waals surface area contributed by atoms with E-state index in [2.05, 4.69) is 33.8 Å². The standard InChI is InChI=1S/C13H15BrO/c14-10-4-3-8-12-6-1-2-7-13(12)9-5-11-15/h1-2,6-7,15H,4-5,9-11H2. The lowest BCUT2D eigenvalue weighted by Gasteiger charge is -2.02. The Morgan fingerprint density at radius 2 is 2.07 bits per heavy atom. The summed E-state index contributed by atoms with van der Waals surface area (Å²) in [5.41, 5.74) is 2.32. The zero-order chi connectivity index (χ0) is 10.9. The quantitative estimate of drug-likeness (QED) is 0.657. The molecule has 0 heterocycles. The largest absolute Gasteiger partial charge is 0.396 e. The maximum Gasteiger partial charge on any atom is 0.0434 e. The average molecular weight is 267 g/mol. The number of aliphatic hydroxyl groups is 1. The van der Waals surface area contributed by atoms with Gasteiger partial charge in [0.15, 0.2) is 0 Å². The van der Waals surface area contributed by atoms with E-state index in [-0.39, 0.29) is 6.61 Å². The maximum atomic E-state index is 8.79. The van der Waals surface area contributed by atoms with Crippen LogP contribution >= 0.6 is 15.9 Å². The van der Waals surface area contributed by atoms with Gasteiger partial charge in [-0.1, -0.05) is 46.0 Å². The third-order valence-corrected chi connectivity index (χ3v) is 2.46. The topological polar surface area (TPSA) is 20.2 Å². The predicted octanol–water partition coefficient (Wildman–Crippen LogP) is 2.75. The Labute approximate surface area is 99.6 Å². The number of benzene rings is 1. The molecule has 0 fully saturated rings. The van der Waals surface area contributed by atoms with Crippen LogP contribution in [0.15, 0.2) is 24.3 Å². The van der Waals surface area contributed by atoms with Gasteiger partial charge >= 0.3 is 0 Å². The molecule has 15 heavy (non-hydrogen) atoms. The third kappa shape index (κ3) is 4.51. The van der Waals surface area contributed by atoms with Gasteiger partial charge in [-0.2, -0.15) is 0 Å². The molecule has 0 aliphatic heterocycles. The summed E-state index contributed by atoms with van der Waals surface area (Å²) in [5, 5.41) is 9.71. The molecule has 0 bridgehead atoms. The first-order valence-electron chi connectivity index (χ1n) is 5.12. The molecule has 0 radical (unpaired) electrons. The third-order valence-electron chi connectivity index (χ3n) is 2.06. The fraction of sp³-hybridized carbons (Fsp3) is 0.385. The van der Waals surface area contributed by atoms with Crippen molar-refractivity contribution in [2.75, 3.05) is 11.9 Å². The summed E-state index contributed by atoms with van der Waals surface area (Å²) < 4.78 is 0. The van der Waals surface area contributed by atoms with Gasteiger partial charge in [0.2, 0.25) is 0 Å². The SMILES string of the molecule is OCCCc1ccccc1C#CCCBr. The van der Waals surface area contributed by atoms with E-state index >= 15 is 0 Å². The molecule has 0 aliphatic carbocycles. The smallest absolute Gasteiger partial charge is 0.0434 e. The minimum absolute atomic E-state index is 0.239. The number of halogens is 1. The van der Waals surface area contributed by atoms with Crippen LogP contribution in [-0.2, 0) is 6.42 Å². The number of alkyl halides is 1. The van der Waals surface area contributed by atoms with Gasteiger partial charge in [0.05, 0.1) is 0 Å². The van der Waals surface area contributed by atoms with Gasteiger partial charge in [-0.3, -0.25) is 0 Å². The van der Waals surface area contributed by atoms with Crippen LogP contribution in [0.2, 0.25) is 0 Å². The van der Waals surface area contributed by atoms with Crippen molar-refractivity contribution in [3.63, 3.8) is 0 Å². The molecule has 0 spiro atoms. The highest BCUT2D eigenvalue weighted by Crippen LogP contribution is 2.09. The second kappa shape index (κ2) is 7.50. The lowest BCUT2D eigenvalue weighted by molar-refractivity contribution is 0.288. The number of hydrogen-bond acceptors (Lipinski definition) is 1. The zero-order valence-corrected chi connectivity index (χ0v) is 10.3. The Kier molecular flexibility index (Phi) is 6.15. The van der Waals surface area contributed by atoms with Gasteiger partial charge in [0.25, 0.3) is 0 Å². The molecule has 0 aliphatic rings. The molecule has 0 saturated carbocycles. The Bertz CT molecular complexity index is 349. The van der Waals surface area contributed by atoms with Crippen LogP contribution < -0.4 is 0 Å². The second-order valence-corrected chi connectivity index (χ2v) is 4.02. The molecular formula is C13H15BrO. The zero-order valence-electron chi connectivity index (χ0n) is 8.67. The lowest BCUT2D eigenvalue weighted by Crippen LogP contribution is -1.92. The summed E-state index contributed by atoms with van der Waals surface area (Å²) in [6.07, 6.45) is 2.57. The van der Waals surface area contributed by atoms with Gasteiger partial charge in [0, 0.05) is 23.9 Å². The van der Waals surface area contributed by atoms with Gasteiger partial charge < -0.3 is 5.11 Å². The fourth-order valence-corrected chi connectivity index (χ4v) is 1.53. The van der Waals surface area contributed by atoms with Gasteiger partial charge in [-0.15, -0.1) is 0 Å². The van der Waals surface area contributed by atoms with E-state index in [0.29, 0.717) is 0 Å². The van der Waals surface area contributed by atoms with Crippen LogP contribution in [0.3, 0.4) is 0 Å². The van der Waals surface area contributed by atoms with E-state index in [1.807, 2.05) is 18.2 Å². The molecular weight excluding hydrogens is 252 g/mol. The van der Waals surface area contributed by atoms with E-state index in [1.54, 1.807) is 0 Å². The lowest BCUT2D eigenvalue weighted by atomic mass is 10.0. The van der Waals surface area contributed by atoms with Crippen molar-refractivity contribution in [3.05, 3.63) is 35.4 Å². The van der Waals surface area contributed by atoms with Gasteiger partial charge in [-0.05, 0) is 24.5 Å². The van der Waals surface area contributed by atoms with Gasteiger partial charge in [0.1, 0.15) is 0 Å². The van der Waals surface area contributed by atoms with Crippen LogP contribution in [-0.4, -0.2) is 17.0 Å². The van der Waals surface area contributed by atoms with Crippen LogP contribution in [0.4, 0.5) is 0 Å². The molecule has 1 nitrogen and oxygen atoms in total. The minimum Gasteiger partial charge on any atom is -0.396 e. The first-order chi connectivity index (χ1) is 7.38. The molecule has 80 valence electrons. The first-order valence-corrected chi connectivity index (χ1v) is 6.24. The highest BCUT2D eigenvalue weighted by Gasteiger charge is 1.97. The number of aliphatic hydroxyl groups excluding tert-OH is 1. The Morgan fingerprint density at radius 1 is 1.27 bits per heavy atom. The second-order valence-electron chi connectivity index (χ2n) is 3.23. The molecule has 1 N–H and O–H groups in total. The normalized spacial score (nSPS) is 9.47. The van der Waals surface area contributed by atoms with E-state index in [4.69, 9.17) is 5.11 Å². The Morgan fingerprint density at radius 3 is 2.80 bits per heavy atom. The fourth-order valence-electron chi connectivity index (χ4n) is 1.33. The first kappa shape index (κ1) is 12.3. The van der Waals surface area contributed by atoms with Crippen LogP contribution in [0.25, 0.3) is 0 Å². The van der Waals surface area contributed by atoms with Crippen LogP contribution in [0, 0.1) is 11.8 Å². The summed E-state index contributed by atoms with van der Waals surface area (Å²) in [6, 6.07) is 8.13. The van der Waals surface area contributed by atoms with Crippen molar-refractivity contribution < 1.29 is 5.11 Å². The summed E-state index contributed by atoms with van der Waals surface area (Å²) in [4.78, 5) is 0. The maximum absolute atomic E-state index is 8.79. The van der Waals surface area contributed by atoms with E-state index < -0.39 is 0 Å². The van der Waals surface area contributed by atoms with Crippen molar-refractivity contribution in [2.24, 2.45) is 0 Å². The minimum atomic E-state index is 0.239. The monoisotopic (exact) mass is 266 g/mol. The summed E-state index contributed by atoms with van der Waals surface area (Å²) in [7, 11) is 0. The number of rotatable bonds is 4. The Balaban J connectivity index is 2.73. The summed E-state index contributed by atoms with van der Waals surface area (Å²) in [5.74, 6) is 6.27. The van der Waals surface area contributed by atoms with Crippen LogP contribution in [0.1, 0.15) is 24.0 Å². The average Bonchev–Trinajstić information content (AvgIpc) is 2.28. The van der Waals surface area contributed by atoms with Crippen molar-refractivity contribution in [3.8, 4) is 11.8 Å². The summed E-state index contributed by atoms with van der Waals surface area (Å²) >= 11 is 3.35. The molecule has 0 aromatic heterocycles. The van der Waals surface area contributed by atoms with E-state index in [1.165, 1.54) is 5.56 Å². The highest BCUT2D eigenvalue weighted by molar-refractivity contribution is 9.09. The molecule has 1 aromatic rings. The van der Waals surface area contributed by atoms with E-state index in [9.17, 15) is 0 Å². The number of hydrogen-bond donors (Lipinski definition) is 1. The van der Waals surface area contributed by atoms with Gasteiger partial charge in [-0.25, -0.2) is 0 Å². The summed E-state index contributed by atoms with van der Waals surface area (Å²) in [6.45, 7) is 0.239. The Hall–Kier alpha value is -0.780. The molecule has 0 atom stereocenters. The van der Waals surface area contributed by atoms with Crippen molar-refractivity contribution >= 4 is 15.9 Å². The molecule has 0 amide bonds. The van der Waals surface area contributed by atoms with E-state index in [0.717, 1.165) is 30.2 Å². The molecule has 0 saturated heterocycles. The molecule has 0 unspecified atom stereocenters. The highest BCUT2D eigenvalue weighted by atomic mass is 79.9. The molecule has 1 rings (SSSR count). The van der Waals surface area contributed by atoms with Crippen LogP contribution in [0.5, 0.6) is 0 Å². The molecule has 1 aromatic carbocycles.